The molecular formula is C19H23ClN2O3. The van der Waals surface area contributed by atoms with E-state index < -0.39 is 0 Å². The number of rotatable bonds is 7. The first-order valence-corrected chi connectivity index (χ1v) is 8.42. The molecule has 25 heavy (non-hydrogen) atoms. The summed E-state index contributed by atoms with van der Waals surface area (Å²) >= 11 is 6.15. The van der Waals surface area contributed by atoms with Gasteiger partial charge in [0.05, 0.1) is 20.3 Å². The van der Waals surface area contributed by atoms with E-state index in [1.807, 2.05) is 49.4 Å². The zero-order valence-electron chi connectivity index (χ0n) is 14.6. The fourth-order valence-electron chi connectivity index (χ4n) is 2.51. The third kappa shape index (κ3) is 5.29. The quantitative estimate of drug-likeness (QED) is 0.783. The van der Waals surface area contributed by atoms with Crippen molar-refractivity contribution in [2.45, 2.75) is 19.4 Å². The number of carbonyl (C=O) groups is 1. The zero-order chi connectivity index (χ0) is 18.2. The summed E-state index contributed by atoms with van der Waals surface area (Å²) in [5.41, 5.74) is 1.94. The maximum absolute atomic E-state index is 12.0. The molecule has 0 aliphatic heterocycles. The second kappa shape index (κ2) is 9.18. The van der Waals surface area contributed by atoms with Crippen LogP contribution in [0, 0.1) is 0 Å². The number of methoxy groups -OCH3 is 2. The number of carbonyl (C=O) groups excluding carboxylic acids is 1. The van der Waals surface area contributed by atoms with Crippen molar-refractivity contribution < 1.29 is 14.3 Å². The fourth-order valence-corrected chi connectivity index (χ4v) is 2.81. The number of urea groups is 1. The summed E-state index contributed by atoms with van der Waals surface area (Å²) in [6.45, 7) is 2.41. The maximum atomic E-state index is 12.0. The van der Waals surface area contributed by atoms with Crippen LogP contribution in [-0.4, -0.2) is 26.8 Å². The van der Waals surface area contributed by atoms with Crippen LogP contribution < -0.4 is 20.1 Å². The number of hydrogen-bond acceptors (Lipinski definition) is 3. The first-order valence-electron chi connectivity index (χ1n) is 8.05. The van der Waals surface area contributed by atoms with E-state index in [2.05, 4.69) is 10.6 Å². The summed E-state index contributed by atoms with van der Waals surface area (Å²) < 4.78 is 10.5. The van der Waals surface area contributed by atoms with Gasteiger partial charge >= 0.3 is 6.03 Å². The molecule has 0 aliphatic rings. The molecule has 0 bridgehead atoms. The van der Waals surface area contributed by atoms with Gasteiger partial charge in [-0.1, -0.05) is 35.9 Å². The van der Waals surface area contributed by atoms with Crippen molar-refractivity contribution in [3.63, 3.8) is 0 Å². The zero-order valence-corrected chi connectivity index (χ0v) is 15.4. The van der Waals surface area contributed by atoms with Crippen molar-refractivity contribution in [3.05, 3.63) is 58.6 Å². The maximum Gasteiger partial charge on any atom is 0.315 e. The van der Waals surface area contributed by atoms with E-state index in [0.29, 0.717) is 29.5 Å². The molecular weight excluding hydrogens is 340 g/mol. The van der Waals surface area contributed by atoms with Crippen LogP contribution in [0.1, 0.15) is 24.1 Å². The molecule has 2 aromatic rings. The number of amides is 2. The lowest BCUT2D eigenvalue weighted by Crippen LogP contribution is -2.38. The number of benzene rings is 2. The smallest absolute Gasteiger partial charge is 0.315 e. The lowest BCUT2D eigenvalue weighted by atomic mass is 10.1. The van der Waals surface area contributed by atoms with E-state index in [4.69, 9.17) is 21.1 Å². The molecule has 2 rings (SSSR count). The molecule has 0 spiro atoms. The molecule has 6 heteroatoms. The van der Waals surface area contributed by atoms with Gasteiger partial charge in [-0.15, -0.1) is 0 Å². The Bertz CT molecular complexity index is 722. The van der Waals surface area contributed by atoms with Gasteiger partial charge in [0.2, 0.25) is 0 Å². The Hall–Kier alpha value is -2.40. The molecule has 5 nitrogen and oxygen atoms in total. The highest BCUT2D eigenvalue weighted by Gasteiger charge is 2.12. The van der Waals surface area contributed by atoms with Crippen molar-refractivity contribution in [2.75, 3.05) is 20.8 Å². The predicted molar refractivity (Wildman–Crippen MR) is 99.7 cm³/mol. The highest BCUT2D eigenvalue weighted by atomic mass is 35.5. The van der Waals surface area contributed by atoms with E-state index in [0.717, 1.165) is 11.1 Å². The number of nitrogens with one attached hydrogen (secondary N) is 2. The lowest BCUT2D eigenvalue weighted by Gasteiger charge is -2.16. The third-order valence-electron chi connectivity index (χ3n) is 3.87. The van der Waals surface area contributed by atoms with Gasteiger partial charge in [-0.25, -0.2) is 4.79 Å². The lowest BCUT2D eigenvalue weighted by molar-refractivity contribution is 0.238. The second-order valence-electron chi connectivity index (χ2n) is 5.58. The molecule has 0 saturated carbocycles. The van der Waals surface area contributed by atoms with Gasteiger partial charge in [0, 0.05) is 11.6 Å². The van der Waals surface area contributed by atoms with Gasteiger partial charge in [0.15, 0.2) is 11.5 Å². The van der Waals surface area contributed by atoms with Crippen molar-refractivity contribution in [2.24, 2.45) is 0 Å². The second-order valence-corrected chi connectivity index (χ2v) is 5.99. The van der Waals surface area contributed by atoms with E-state index in [-0.39, 0.29) is 12.1 Å². The monoisotopic (exact) mass is 362 g/mol. The molecule has 0 fully saturated rings. The van der Waals surface area contributed by atoms with Crippen LogP contribution in [0.15, 0.2) is 42.5 Å². The molecule has 2 amide bonds. The Kier molecular flexibility index (Phi) is 6.95. The molecule has 2 aromatic carbocycles. The van der Waals surface area contributed by atoms with Gasteiger partial charge < -0.3 is 20.1 Å². The predicted octanol–water partition coefficient (Wildman–Crippen LogP) is 3.96. The summed E-state index contributed by atoms with van der Waals surface area (Å²) in [4.78, 5) is 12.0. The average molecular weight is 363 g/mol. The Morgan fingerprint density at radius 3 is 2.52 bits per heavy atom. The minimum absolute atomic E-state index is 0.171. The summed E-state index contributed by atoms with van der Waals surface area (Å²) in [6, 6.07) is 12.8. The fraction of sp³-hybridized carbons (Fsp3) is 0.316. The standard InChI is InChI=1S/C19H23ClN2O3/c1-13(15-6-4-5-7-16(15)20)22-19(23)21-11-10-14-8-9-17(24-2)18(12-14)25-3/h4-9,12-13H,10-11H2,1-3H3,(H2,21,22,23). The largest absolute Gasteiger partial charge is 0.493 e. The molecule has 1 atom stereocenters. The van der Waals surface area contributed by atoms with Crippen LogP contribution in [0.2, 0.25) is 5.02 Å². The number of halogens is 1. The van der Waals surface area contributed by atoms with E-state index >= 15 is 0 Å². The molecule has 0 aromatic heterocycles. The van der Waals surface area contributed by atoms with Gasteiger partial charge in [-0.2, -0.15) is 0 Å². The molecule has 1 unspecified atom stereocenters. The summed E-state index contributed by atoms with van der Waals surface area (Å²) in [5.74, 6) is 1.36. The SMILES string of the molecule is COc1ccc(CCNC(=O)NC(C)c2ccccc2Cl)cc1OC. The summed E-state index contributed by atoms with van der Waals surface area (Å²) in [7, 11) is 3.20. The van der Waals surface area contributed by atoms with Gasteiger partial charge in [-0.3, -0.25) is 0 Å². The molecule has 0 saturated heterocycles. The van der Waals surface area contributed by atoms with Crippen LogP contribution in [0.4, 0.5) is 4.79 Å². The Balaban J connectivity index is 1.83. The minimum atomic E-state index is -0.229. The molecule has 0 aliphatic carbocycles. The first kappa shape index (κ1) is 18.9. The van der Waals surface area contributed by atoms with Crippen LogP contribution in [0.25, 0.3) is 0 Å². The number of ether oxygens (including phenoxy) is 2. The molecule has 0 radical (unpaired) electrons. The van der Waals surface area contributed by atoms with E-state index in [1.54, 1.807) is 14.2 Å². The molecule has 0 heterocycles. The van der Waals surface area contributed by atoms with Crippen molar-refractivity contribution in [1.29, 1.82) is 0 Å². The van der Waals surface area contributed by atoms with Crippen molar-refractivity contribution in [3.8, 4) is 11.5 Å². The normalized spacial score (nSPS) is 11.5. The van der Waals surface area contributed by atoms with Crippen LogP contribution in [-0.2, 0) is 6.42 Å². The Labute approximate surface area is 153 Å². The molecule has 134 valence electrons. The summed E-state index contributed by atoms with van der Waals surface area (Å²) in [5, 5.41) is 6.38. The van der Waals surface area contributed by atoms with Crippen LogP contribution >= 0.6 is 11.6 Å². The van der Waals surface area contributed by atoms with E-state index in [1.165, 1.54) is 0 Å². The highest BCUT2D eigenvalue weighted by Crippen LogP contribution is 2.27. The van der Waals surface area contributed by atoms with Gasteiger partial charge in [0.25, 0.3) is 0 Å². The van der Waals surface area contributed by atoms with E-state index in [9.17, 15) is 4.79 Å². The van der Waals surface area contributed by atoms with Crippen LogP contribution in [0.3, 0.4) is 0 Å². The number of hydrogen-bond donors (Lipinski definition) is 2. The first-order chi connectivity index (χ1) is 12.0. The van der Waals surface area contributed by atoms with Crippen molar-refractivity contribution >= 4 is 17.6 Å². The van der Waals surface area contributed by atoms with Crippen LogP contribution in [0.5, 0.6) is 11.5 Å². The Morgan fingerprint density at radius 1 is 1.12 bits per heavy atom. The Morgan fingerprint density at radius 2 is 1.84 bits per heavy atom. The minimum Gasteiger partial charge on any atom is -0.493 e. The average Bonchev–Trinajstić information content (AvgIpc) is 2.61. The van der Waals surface area contributed by atoms with Gasteiger partial charge in [0.1, 0.15) is 0 Å². The molecule has 2 N–H and O–H groups in total. The van der Waals surface area contributed by atoms with Crippen molar-refractivity contribution in [1.82, 2.24) is 10.6 Å². The van der Waals surface area contributed by atoms with Gasteiger partial charge in [-0.05, 0) is 42.7 Å². The summed E-state index contributed by atoms with van der Waals surface area (Å²) in [6.07, 6.45) is 0.689. The third-order valence-corrected chi connectivity index (χ3v) is 4.21. The topological polar surface area (TPSA) is 59.6 Å². The highest BCUT2D eigenvalue weighted by molar-refractivity contribution is 6.31.